The molecule has 2 N–H and O–H groups in total. The van der Waals surface area contributed by atoms with Gasteiger partial charge in [-0.1, -0.05) is 44.2 Å². The minimum Gasteiger partial charge on any atom is -0.441 e. The van der Waals surface area contributed by atoms with Crippen LogP contribution in [0.25, 0.3) is 11.1 Å². The molecule has 3 atom stereocenters. The summed E-state index contributed by atoms with van der Waals surface area (Å²) in [5.41, 5.74) is 3.67. The monoisotopic (exact) mass is 530 g/mol. The normalized spacial score (nSPS) is 20.8. The molecule has 0 saturated carbocycles. The molecule has 8 heteroatoms. The van der Waals surface area contributed by atoms with E-state index < -0.39 is 23.7 Å². The van der Waals surface area contributed by atoms with Crippen molar-refractivity contribution in [1.29, 1.82) is 0 Å². The molecular formula is C31H38N4O4. The first-order chi connectivity index (χ1) is 18.4. The van der Waals surface area contributed by atoms with Crippen molar-refractivity contribution >= 4 is 28.8 Å². The van der Waals surface area contributed by atoms with Crippen LogP contribution >= 0.6 is 0 Å². The van der Waals surface area contributed by atoms with Crippen LogP contribution in [0.4, 0.5) is 0 Å². The quantitative estimate of drug-likeness (QED) is 0.496. The average Bonchev–Trinajstić information content (AvgIpc) is 3.43. The Labute approximate surface area is 229 Å². The summed E-state index contributed by atoms with van der Waals surface area (Å²) in [6.45, 7) is 11.5. The van der Waals surface area contributed by atoms with Crippen molar-refractivity contribution in [2.24, 2.45) is 11.8 Å². The summed E-state index contributed by atoms with van der Waals surface area (Å²) in [4.78, 5) is 48.1. The summed E-state index contributed by atoms with van der Waals surface area (Å²) in [5.74, 6) is -0.190. The van der Waals surface area contributed by atoms with Gasteiger partial charge in [-0.2, -0.15) is 0 Å². The first-order valence-electron chi connectivity index (χ1n) is 13.8. The van der Waals surface area contributed by atoms with Gasteiger partial charge in [-0.25, -0.2) is 4.98 Å². The molecule has 1 aliphatic carbocycles. The van der Waals surface area contributed by atoms with Crippen LogP contribution in [-0.2, 0) is 27.2 Å². The SMILES string of the molecule is Cc1nc2ccc(C(C(=O)NC(C)(C)C)N3C(=O)C(C4Cc5ccccc5C4)NC(=O)C3CC(C)C)cc2o1. The number of fused-ring (bicyclic) bond motifs is 2. The number of hydrogen-bond donors (Lipinski definition) is 2. The third-order valence-electron chi connectivity index (χ3n) is 7.57. The highest BCUT2D eigenvalue weighted by Crippen LogP contribution is 2.36. The molecule has 206 valence electrons. The van der Waals surface area contributed by atoms with Gasteiger partial charge in [0.1, 0.15) is 23.6 Å². The minimum atomic E-state index is -1.01. The van der Waals surface area contributed by atoms with Gasteiger partial charge in [-0.15, -0.1) is 0 Å². The van der Waals surface area contributed by atoms with E-state index in [0.717, 1.165) is 0 Å². The summed E-state index contributed by atoms with van der Waals surface area (Å²) in [6.07, 6.45) is 1.85. The van der Waals surface area contributed by atoms with E-state index in [-0.39, 0.29) is 29.6 Å². The molecule has 39 heavy (non-hydrogen) atoms. The average molecular weight is 531 g/mol. The predicted molar refractivity (Wildman–Crippen MR) is 149 cm³/mol. The number of aromatic nitrogens is 1. The zero-order valence-corrected chi connectivity index (χ0v) is 23.6. The third kappa shape index (κ3) is 5.42. The maximum Gasteiger partial charge on any atom is 0.247 e. The van der Waals surface area contributed by atoms with E-state index in [1.807, 2.05) is 52.8 Å². The van der Waals surface area contributed by atoms with E-state index in [9.17, 15) is 14.4 Å². The van der Waals surface area contributed by atoms with Crippen molar-refractivity contribution in [1.82, 2.24) is 20.5 Å². The first kappa shape index (κ1) is 26.9. The molecule has 1 saturated heterocycles. The van der Waals surface area contributed by atoms with Crippen LogP contribution in [0.3, 0.4) is 0 Å². The van der Waals surface area contributed by atoms with Crippen LogP contribution in [0.2, 0.25) is 0 Å². The van der Waals surface area contributed by atoms with Crippen molar-refractivity contribution in [3.8, 4) is 0 Å². The van der Waals surface area contributed by atoms with Gasteiger partial charge in [-0.05, 0) is 80.7 Å². The smallest absolute Gasteiger partial charge is 0.247 e. The van der Waals surface area contributed by atoms with Crippen LogP contribution < -0.4 is 10.6 Å². The first-order valence-corrected chi connectivity index (χ1v) is 13.8. The molecule has 2 heterocycles. The van der Waals surface area contributed by atoms with Crippen molar-refractivity contribution < 1.29 is 18.8 Å². The number of nitrogens with one attached hydrogen (secondary N) is 2. The van der Waals surface area contributed by atoms with Gasteiger partial charge in [0, 0.05) is 12.5 Å². The molecular weight excluding hydrogens is 492 g/mol. The Morgan fingerprint density at radius 3 is 2.41 bits per heavy atom. The van der Waals surface area contributed by atoms with Crippen molar-refractivity contribution in [2.45, 2.75) is 84.5 Å². The number of nitrogens with zero attached hydrogens (tertiary/aromatic N) is 2. The molecule has 3 aromatic rings. The van der Waals surface area contributed by atoms with E-state index in [4.69, 9.17) is 4.42 Å². The number of amides is 3. The number of piperazine rings is 1. The highest BCUT2D eigenvalue weighted by Gasteiger charge is 2.49. The van der Waals surface area contributed by atoms with E-state index >= 15 is 0 Å². The Kier molecular flexibility index (Phi) is 6.99. The minimum absolute atomic E-state index is 0.0768. The van der Waals surface area contributed by atoms with Gasteiger partial charge in [0.2, 0.25) is 17.7 Å². The van der Waals surface area contributed by atoms with Crippen molar-refractivity contribution in [3.05, 3.63) is 65.0 Å². The van der Waals surface area contributed by atoms with Gasteiger partial charge in [0.25, 0.3) is 0 Å². The van der Waals surface area contributed by atoms with Crippen molar-refractivity contribution in [3.63, 3.8) is 0 Å². The molecule has 0 bridgehead atoms. The maximum absolute atomic E-state index is 14.4. The highest BCUT2D eigenvalue weighted by molar-refractivity contribution is 6.00. The predicted octanol–water partition coefficient (Wildman–Crippen LogP) is 4.25. The van der Waals surface area contributed by atoms with Gasteiger partial charge < -0.3 is 20.0 Å². The van der Waals surface area contributed by atoms with E-state index in [1.165, 1.54) is 11.1 Å². The molecule has 5 rings (SSSR count). The highest BCUT2D eigenvalue weighted by atomic mass is 16.3. The largest absolute Gasteiger partial charge is 0.441 e. The lowest BCUT2D eigenvalue weighted by Crippen LogP contribution is -2.67. The molecule has 0 spiro atoms. The number of rotatable bonds is 6. The number of oxazole rings is 1. The molecule has 3 unspecified atom stereocenters. The number of hydrogen-bond acceptors (Lipinski definition) is 5. The Morgan fingerprint density at radius 2 is 1.79 bits per heavy atom. The molecule has 1 fully saturated rings. The number of carbonyl (C=O) groups is 3. The second kappa shape index (κ2) is 10.1. The fraction of sp³-hybridized carbons (Fsp3) is 0.484. The zero-order chi connectivity index (χ0) is 28.1. The van der Waals surface area contributed by atoms with Crippen LogP contribution in [0.5, 0.6) is 0 Å². The number of benzene rings is 2. The van der Waals surface area contributed by atoms with Gasteiger partial charge in [0.15, 0.2) is 11.5 Å². The summed E-state index contributed by atoms with van der Waals surface area (Å²) < 4.78 is 5.78. The summed E-state index contributed by atoms with van der Waals surface area (Å²) in [6, 6.07) is 11.1. The Bertz CT molecular complexity index is 1390. The van der Waals surface area contributed by atoms with Gasteiger partial charge >= 0.3 is 0 Å². The molecule has 2 aromatic carbocycles. The summed E-state index contributed by atoms with van der Waals surface area (Å²) >= 11 is 0. The van der Waals surface area contributed by atoms with Gasteiger partial charge in [0.05, 0.1) is 0 Å². The zero-order valence-electron chi connectivity index (χ0n) is 23.6. The Morgan fingerprint density at radius 1 is 1.13 bits per heavy atom. The van der Waals surface area contributed by atoms with Crippen LogP contribution in [0.15, 0.2) is 46.9 Å². The Balaban J connectivity index is 1.59. The van der Waals surface area contributed by atoms with Crippen LogP contribution in [0.1, 0.15) is 69.7 Å². The second-order valence-electron chi connectivity index (χ2n) is 12.4. The molecule has 0 radical (unpaired) electrons. The second-order valence-corrected chi connectivity index (χ2v) is 12.4. The van der Waals surface area contributed by atoms with Crippen LogP contribution in [-0.4, -0.2) is 45.2 Å². The summed E-state index contributed by atoms with van der Waals surface area (Å²) in [7, 11) is 0. The topological polar surface area (TPSA) is 105 Å². The molecule has 1 aromatic heterocycles. The standard InChI is InChI=1S/C31H38N4O4/c1-17(2)13-24-28(36)33-26(22-14-19-9-7-8-10-20(19)15-22)30(38)35(24)27(29(37)34-31(4,5)6)21-11-12-23-25(16-21)39-18(3)32-23/h7-12,16-17,22,24,26-27H,13-15H2,1-6H3,(H,33,36)(H,34,37). The van der Waals surface area contributed by atoms with Gasteiger partial charge in [-0.3, -0.25) is 14.4 Å². The third-order valence-corrected chi connectivity index (χ3v) is 7.57. The lowest BCUT2D eigenvalue weighted by atomic mass is 9.87. The van der Waals surface area contributed by atoms with E-state index in [1.54, 1.807) is 24.0 Å². The van der Waals surface area contributed by atoms with Crippen LogP contribution in [0, 0.1) is 18.8 Å². The fourth-order valence-electron chi connectivity index (χ4n) is 5.98. The molecule has 8 nitrogen and oxygen atoms in total. The number of carbonyl (C=O) groups excluding carboxylic acids is 3. The maximum atomic E-state index is 14.4. The Hall–Kier alpha value is -3.68. The van der Waals surface area contributed by atoms with E-state index in [0.29, 0.717) is 41.8 Å². The molecule has 1 aliphatic heterocycles. The van der Waals surface area contributed by atoms with E-state index in [2.05, 4.69) is 27.8 Å². The lowest BCUT2D eigenvalue weighted by molar-refractivity contribution is -0.158. The molecule has 3 amide bonds. The number of aryl methyl sites for hydroxylation is 1. The fourth-order valence-corrected chi connectivity index (χ4v) is 5.98. The molecule has 2 aliphatic rings. The van der Waals surface area contributed by atoms with Crippen molar-refractivity contribution in [2.75, 3.05) is 0 Å². The summed E-state index contributed by atoms with van der Waals surface area (Å²) in [5, 5.41) is 6.13. The lowest BCUT2D eigenvalue weighted by Gasteiger charge is -2.45.